The van der Waals surface area contributed by atoms with Gasteiger partial charge < -0.3 is 40.5 Å². The third-order valence-corrected chi connectivity index (χ3v) is 6.06. The first-order valence-electron chi connectivity index (χ1n) is 11.2. The average Bonchev–Trinajstić information content (AvgIpc) is 2.83. The second-order valence-electron chi connectivity index (χ2n) is 8.76. The second kappa shape index (κ2) is 11.1. The molecule has 0 aromatic heterocycles. The summed E-state index contributed by atoms with van der Waals surface area (Å²) in [4.78, 5) is 36.7. The highest BCUT2D eigenvalue weighted by Crippen LogP contribution is 2.38. The van der Waals surface area contributed by atoms with Crippen LogP contribution in [0.1, 0.15) is 30.4 Å². The molecule has 11 heteroatoms. The summed E-state index contributed by atoms with van der Waals surface area (Å²) in [7, 11) is 0. The van der Waals surface area contributed by atoms with E-state index in [4.69, 9.17) is 4.74 Å². The average molecular weight is 514 g/mol. The Bertz CT molecular complexity index is 1240. The molecule has 1 aliphatic carbocycles. The van der Waals surface area contributed by atoms with Gasteiger partial charge in [-0.3, -0.25) is 4.79 Å². The SMILES string of the molecule is O=C(C=Cc1ccc(O)c(O)c1)CC1[C@H](O)CC(OC(=O)C=Cc2ccc(O)c(O)c2)(C(=O)O)C[C@@H]1O. The quantitative estimate of drug-likeness (QED) is 0.153. The molecule has 1 saturated carbocycles. The predicted octanol–water partition coefficient (Wildman–Crippen LogP) is 1.69. The lowest BCUT2D eigenvalue weighted by Crippen LogP contribution is -2.56. The van der Waals surface area contributed by atoms with Crippen LogP contribution < -0.4 is 0 Å². The summed E-state index contributed by atoms with van der Waals surface area (Å²) in [5.74, 6) is -5.65. The molecular weight excluding hydrogens is 488 g/mol. The van der Waals surface area contributed by atoms with Crippen LogP contribution in [0.2, 0.25) is 0 Å². The van der Waals surface area contributed by atoms with Crippen molar-refractivity contribution in [2.24, 2.45) is 5.92 Å². The Morgan fingerprint density at radius 3 is 1.76 bits per heavy atom. The van der Waals surface area contributed by atoms with E-state index in [0.29, 0.717) is 11.1 Å². The standard InChI is InChI=1S/C26H26O11/c27-16(5-1-14-2-6-18(28)20(30)9-14)11-17-22(32)12-26(25(35)36,13-23(17)33)37-24(34)8-4-15-3-7-19(29)21(31)10-15/h1-10,17,22-23,28-33H,11-13H2,(H,35,36)/t17?,22-,23+,26?. The van der Waals surface area contributed by atoms with Gasteiger partial charge in [-0.15, -0.1) is 0 Å². The number of aliphatic hydroxyl groups excluding tert-OH is 2. The van der Waals surface area contributed by atoms with Gasteiger partial charge in [0.25, 0.3) is 0 Å². The van der Waals surface area contributed by atoms with Crippen molar-refractivity contribution in [1.82, 2.24) is 0 Å². The number of phenolic OH excluding ortho intramolecular Hbond substituents is 4. The number of carbonyl (C=O) groups is 3. The van der Waals surface area contributed by atoms with Gasteiger partial charge >= 0.3 is 11.9 Å². The fourth-order valence-electron chi connectivity index (χ4n) is 4.06. The molecule has 7 N–H and O–H groups in total. The van der Waals surface area contributed by atoms with Crippen LogP contribution in [0.15, 0.2) is 48.6 Å². The first-order chi connectivity index (χ1) is 17.4. The summed E-state index contributed by atoms with van der Waals surface area (Å²) in [6.07, 6.45) is 0.227. The molecule has 37 heavy (non-hydrogen) atoms. The molecule has 3 rings (SSSR count). The Labute approximate surface area is 210 Å². The number of hydrogen-bond donors (Lipinski definition) is 7. The summed E-state index contributed by atoms with van der Waals surface area (Å²) in [6, 6.07) is 7.68. The predicted molar refractivity (Wildman–Crippen MR) is 128 cm³/mol. The van der Waals surface area contributed by atoms with E-state index in [0.717, 1.165) is 12.2 Å². The highest BCUT2D eigenvalue weighted by atomic mass is 16.6. The fourth-order valence-corrected chi connectivity index (χ4v) is 4.06. The Hall–Kier alpha value is -4.35. The van der Waals surface area contributed by atoms with Crippen molar-refractivity contribution in [3.8, 4) is 23.0 Å². The van der Waals surface area contributed by atoms with E-state index < -0.39 is 60.0 Å². The van der Waals surface area contributed by atoms with Crippen molar-refractivity contribution in [1.29, 1.82) is 0 Å². The van der Waals surface area contributed by atoms with E-state index >= 15 is 0 Å². The molecule has 1 fully saturated rings. The van der Waals surface area contributed by atoms with E-state index in [9.17, 15) is 50.1 Å². The lowest BCUT2D eigenvalue weighted by atomic mass is 9.73. The van der Waals surface area contributed by atoms with E-state index in [1.54, 1.807) is 0 Å². The van der Waals surface area contributed by atoms with Crippen LogP contribution in [0.3, 0.4) is 0 Å². The number of aromatic hydroxyl groups is 4. The zero-order valence-corrected chi connectivity index (χ0v) is 19.4. The molecule has 196 valence electrons. The molecule has 0 radical (unpaired) electrons. The number of carboxylic acids is 1. The van der Waals surface area contributed by atoms with Gasteiger partial charge in [0.15, 0.2) is 28.8 Å². The number of allylic oxidation sites excluding steroid dienone is 1. The topological polar surface area (TPSA) is 202 Å². The molecular formula is C26H26O11. The maximum atomic E-state index is 12.4. The van der Waals surface area contributed by atoms with Gasteiger partial charge in [0.2, 0.25) is 5.60 Å². The van der Waals surface area contributed by atoms with Crippen LogP contribution in [0.25, 0.3) is 12.2 Å². The normalized spacial score (nSPS) is 23.8. The zero-order valence-electron chi connectivity index (χ0n) is 19.4. The number of carbonyl (C=O) groups excluding carboxylic acids is 2. The largest absolute Gasteiger partial charge is 0.504 e. The van der Waals surface area contributed by atoms with E-state index in [1.165, 1.54) is 48.6 Å². The zero-order chi connectivity index (χ0) is 27.3. The molecule has 1 aliphatic rings. The summed E-state index contributed by atoms with van der Waals surface area (Å²) in [5, 5.41) is 68.6. The van der Waals surface area contributed by atoms with E-state index in [1.807, 2.05) is 0 Å². The number of hydrogen-bond acceptors (Lipinski definition) is 10. The number of ketones is 1. The monoisotopic (exact) mass is 514 g/mol. The smallest absolute Gasteiger partial charge is 0.348 e. The number of esters is 1. The minimum absolute atomic E-state index is 0.314. The Balaban J connectivity index is 1.66. The third-order valence-electron chi connectivity index (χ3n) is 6.06. The van der Waals surface area contributed by atoms with Gasteiger partial charge in [-0.2, -0.15) is 0 Å². The molecule has 0 saturated heterocycles. The molecule has 0 amide bonds. The number of aliphatic hydroxyl groups is 2. The Kier molecular flexibility index (Phi) is 8.21. The molecule has 2 unspecified atom stereocenters. The third kappa shape index (κ3) is 6.66. The Morgan fingerprint density at radius 2 is 1.30 bits per heavy atom. The molecule has 0 bridgehead atoms. The van der Waals surface area contributed by atoms with Gasteiger partial charge in [-0.25, -0.2) is 9.59 Å². The van der Waals surface area contributed by atoms with Crippen molar-refractivity contribution < 1.29 is 54.9 Å². The van der Waals surface area contributed by atoms with Crippen molar-refractivity contribution in [2.75, 3.05) is 0 Å². The number of phenols is 4. The number of carboxylic acid groups (broad SMARTS) is 1. The molecule has 4 atom stereocenters. The van der Waals surface area contributed by atoms with Crippen molar-refractivity contribution in [2.45, 2.75) is 37.1 Å². The van der Waals surface area contributed by atoms with Crippen molar-refractivity contribution >= 4 is 29.9 Å². The van der Waals surface area contributed by atoms with Crippen LogP contribution in [0.5, 0.6) is 23.0 Å². The molecule has 0 aliphatic heterocycles. The summed E-state index contributed by atoms with van der Waals surface area (Å²) < 4.78 is 5.14. The van der Waals surface area contributed by atoms with E-state index in [2.05, 4.69) is 0 Å². The van der Waals surface area contributed by atoms with Gasteiger partial charge in [0.1, 0.15) is 0 Å². The minimum atomic E-state index is -2.24. The number of benzene rings is 2. The molecule has 2 aromatic carbocycles. The first kappa shape index (κ1) is 27.2. The van der Waals surface area contributed by atoms with Crippen LogP contribution in [0, 0.1) is 5.92 Å². The van der Waals surface area contributed by atoms with Gasteiger partial charge in [0.05, 0.1) is 12.2 Å². The van der Waals surface area contributed by atoms with Gasteiger partial charge in [-0.05, 0) is 47.5 Å². The summed E-state index contributed by atoms with van der Waals surface area (Å²) in [5.41, 5.74) is -1.51. The number of rotatable bonds is 8. The summed E-state index contributed by atoms with van der Waals surface area (Å²) in [6.45, 7) is 0. The molecule has 0 spiro atoms. The van der Waals surface area contributed by atoms with Gasteiger partial charge in [-0.1, -0.05) is 18.2 Å². The number of aliphatic carboxylic acids is 1. The molecule has 2 aromatic rings. The number of ether oxygens (including phenoxy) is 1. The van der Waals surface area contributed by atoms with Gasteiger partial charge in [0, 0.05) is 31.3 Å². The van der Waals surface area contributed by atoms with Crippen LogP contribution in [0.4, 0.5) is 0 Å². The van der Waals surface area contributed by atoms with Crippen LogP contribution >= 0.6 is 0 Å². The van der Waals surface area contributed by atoms with Crippen LogP contribution in [-0.2, 0) is 19.1 Å². The van der Waals surface area contributed by atoms with Crippen molar-refractivity contribution in [3.63, 3.8) is 0 Å². The van der Waals surface area contributed by atoms with Crippen molar-refractivity contribution in [3.05, 3.63) is 59.7 Å². The highest BCUT2D eigenvalue weighted by Gasteiger charge is 2.53. The first-order valence-corrected chi connectivity index (χ1v) is 11.2. The lowest BCUT2D eigenvalue weighted by Gasteiger charge is -2.41. The Morgan fingerprint density at radius 1 is 0.811 bits per heavy atom. The molecule has 0 heterocycles. The minimum Gasteiger partial charge on any atom is -0.504 e. The lowest BCUT2D eigenvalue weighted by molar-refractivity contribution is -0.195. The van der Waals surface area contributed by atoms with E-state index in [-0.39, 0.29) is 23.7 Å². The maximum absolute atomic E-state index is 12.4. The fraction of sp³-hybridized carbons (Fsp3) is 0.269. The maximum Gasteiger partial charge on any atom is 0.348 e. The molecule has 11 nitrogen and oxygen atoms in total. The van der Waals surface area contributed by atoms with Crippen LogP contribution in [-0.4, -0.2) is 71.3 Å². The second-order valence-corrected chi connectivity index (χ2v) is 8.76. The highest BCUT2D eigenvalue weighted by molar-refractivity contribution is 5.94. The summed E-state index contributed by atoms with van der Waals surface area (Å²) >= 11 is 0.